The topological polar surface area (TPSA) is 67.2 Å². The van der Waals surface area contributed by atoms with Crippen LogP contribution in [0.2, 0.25) is 0 Å². The molecule has 30 heavy (non-hydrogen) atoms. The van der Waals surface area contributed by atoms with Crippen LogP contribution >= 0.6 is 0 Å². The normalized spacial score (nSPS) is 19.7. The summed E-state index contributed by atoms with van der Waals surface area (Å²) in [5.74, 6) is -0.258. The maximum absolute atomic E-state index is 13.1. The molecule has 0 aromatic carbocycles. The van der Waals surface area contributed by atoms with Crippen molar-refractivity contribution >= 4 is 16.9 Å². The molecule has 0 atom stereocenters. The molecule has 1 amide bonds. The van der Waals surface area contributed by atoms with Crippen molar-refractivity contribution in [2.24, 2.45) is 0 Å². The molecule has 2 aromatic rings. The fourth-order valence-corrected chi connectivity index (χ4v) is 5.29. The second-order valence-corrected chi connectivity index (χ2v) is 9.00. The molecule has 1 saturated carbocycles. The van der Waals surface area contributed by atoms with E-state index in [9.17, 15) is 9.59 Å². The molecule has 1 aliphatic carbocycles. The number of carbonyl (C=O) groups excluding carboxylic acids is 1. The minimum absolute atomic E-state index is 0.0492. The molecule has 0 unspecified atom stereocenters. The van der Waals surface area contributed by atoms with E-state index >= 15 is 0 Å². The van der Waals surface area contributed by atoms with Gasteiger partial charge in [-0.15, -0.1) is 0 Å². The first-order valence-electron chi connectivity index (χ1n) is 11.6. The van der Waals surface area contributed by atoms with Gasteiger partial charge >= 0.3 is 0 Å². The molecular formula is C24H34N4O2. The fourth-order valence-electron chi connectivity index (χ4n) is 5.29. The Morgan fingerprint density at radius 2 is 1.80 bits per heavy atom. The van der Waals surface area contributed by atoms with Crippen molar-refractivity contribution in [3.63, 3.8) is 0 Å². The first kappa shape index (κ1) is 21.0. The zero-order valence-corrected chi connectivity index (χ0v) is 18.4. The van der Waals surface area contributed by atoms with E-state index in [-0.39, 0.29) is 22.4 Å². The third-order valence-corrected chi connectivity index (χ3v) is 7.04. The number of rotatable bonds is 5. The van der Waals surface area contributed by atoms with E-state index in [0.717, 1.165) is 31.6 Å². The quantitative estimate of drug-likeness (QED) is 0.817. The predicted molar refractivity (Wildman–Crippen MR) is 120 cm³/mol. The number of nitrogens with one attached hydrogen (secondary N) is 1. The smallest absolute Gasteiger partial charge is 0.256 e. The number of fused-ring (bicyclic) bond motifs is 1. The van der Waals surface area contributed by atoms with Gasteiger partial charge in [0.2, 0.25) is 5.43 Å². The van der Waals surface area contributed by atoms with Gasteiger partial charge in [-0.3, -0.25) is 14.5 Å². The van der Waals surface area contributed by atoms with E-state index in [1.165, 1.54) is 38.5 Å². The summed E-state index contributed by atoms with van der Waals surface area (Å²) in [4.78, 5) is 33.3. The number of carbonyl (C=O) groups is 1. The SMILES string of the molecule is CCn1cc(C(=O)NCC2(N3CCCCC3)CCCCC2)c(=O)c2ccc(C)nc21. The average molecular weight is 411 g/mol. The molecule has 1 aliphatic heterocycles. The summed E-state index contributed by atoms with van der Waals surface area (Å²) in [7, 11) is 0. The zero-order chi connectivity index (χ0) is 21.1. The van der Waals surface area contributed by atoms with Gasteiger partial charge in [0, 0.05) is 30.5 Å². The predicted octanol–water partition coefficient (Wildman–Crippen LogP) is 3.64. The lowest BCUT2D eigenvalue weighted by atomic mass is 9.79. The maximum Gasteiger partial charge on any atom is 0.256 e. The molecule has 2 fully saturated rings. The van der Waals surface area contributed by atoms with Gasteiger partial charge in [-0.2, -0.15) is 0 Å². The number of aromatic nitrogens is 2. The van der Waals surface area contributed by atoms with E-state index < -0.39 is 0 Å². The first-order chi connectivity index (χ1) is 14.5. The van der Waals surface area contributed by atoms with Crippen molar-refractivity contribution in [1.82, 2.24) is 19.8 Å². The minimum Gasteiger partial charge on any atom is -0.350 e. The number of hydrogen-bond donors (Lipinski definition) is 1. The van der Waals surface area contributed by atoms with Crippen molar-refractivity contribution in [3.8, 4) is 0 Å². The molecule has 6 heteroatoms. The monoisotopic (exact) mass is 410 g/mol. The highest BCUT2D eigenvalue weighted by Gasteiger charge is 2.38. The maximum atomic E-state index is 13.1. The summed E-state index contributed by atoms with van der Waals surface area (Å²) in [6.07, 6.45) is 11.5. The average Bonchev–Trinajstić information content (AvgIpc) is 2.79. The van der Waals surface area contributed by atoms with Gasteiger partial charge in [-0.25, -0.2) is 4.98 Å². The number of amides is 1. The molecular weight excluding hydrogens is 376 g/mol. The van der Waals surface area contributed by atoms with Crippen molar-refractivity contribution in [2.45, 2.75) is 77.3 Å². The van der Waals surface area contributed by atoms with Crippen LogP contribution < -0.4 is 10.7 Å². The second-order valence-electron chi connectivity index (χ2n) is 9.00. The van der Waals surface area contributed by atoms with Crippen LogP contribution in [0.5, 0.6) is 0 Å². The van der Waals surface area contributed by atoms with Crippen molar-refractivity contribution in [2.75, 3.05) is 19.6 Å². The highest BCUT2D eigenvalue weighted by atomic mass is 16.2. The number of likely N-dealkylation sites (tertiary alicyclic amines) is 1. The summed E-state index contributed by atoms with van der Waals surface area (Å²) >= 11 is 0. The summed E-state index contributed by atoms with van der Waals surface area (Å²) in [5, 5.41) is 3.67. The molecule has 1 saturated heterocycles. The molecule has 6 nitrogen and oxygen atoms in total. The number of hydrogen-bond acceptors (Lipinski definition) is 4. The Morgan fingerprint density at radius 3 is 2.50 bits per heavy atom. The number of aryl methyl sites for hydroxylation is 2. The van der Waals surface area contributed by atoms with Crippen LogP contribution in [0.15, 0.2) is 23.1 Å². The van der Waals surface area contributed by atoms with Gasteiger partial charge in [0.1, 0.15) is 11.2 Å². The summed E-state index contributed by atoms with van der Waals surface area (Å²) in [6, 6.07) is 3.62. The molecule has 3 heterocycles. The summed E-state index contributed by atoms with van der Waals surface area (Å²) in [6.45, 7) is 7.45. The molecule has 0 spiro atoms. The Balaban J connectivity index is 1.60. The van der Waals surface area contributed by atoms with Gasteiger partial charge in [0.15, 0.2) is 0 Å². The molecule has 2 aliphatic rings. The Kier molecular flexibility index (Phi) is 6.23. The van der Waals surface area contributed by atoms with Crippen molar-refractivity contribution < 1.29 is 4.79 Å². The van der Waals surface area contributed by atoms with E-state index in [4.69, 9.17) is 0 Å². The lowest BCUT2D eigenvalue weighted by Crippen LogP contribution is -2.58. The highest BCUT2D eigenvalue weighted by molar-refractivity contribution is 5.96. The van der Waals surface area contributed by atoms with E-state index in [2.05, 4.69) is 15.2 Å². The number of nitrogens with zero attached hydrogens (tertiary/aromatic N) is 3. The van der Waals surface area contributed by atoms with Crippen LogP contribution in [0.4, 0.5) is 0 Å². The fraction of sp³-hybridized carbons (Fsp3) is 0.625. The second kappa shape index (κ2) is 8.88. The van der Waals surface area contributed by atoms with Crippen LogP contribution in [0, 0.1) is 6.92 Å². The van der Waals surface area contributed by atoms with Crippen LogP contribution in [-0.4, -0.2) is 45.5 Å². The lowest BCUT2D eigenvalue weighted by Gasteiger charge is -2.48. The highest BCUT2D eigenvalue weighted by Crippen LogP contribution is 2.35. The van der Waals surface area contributed by atoms with Crippen molar-refractivity contribution in [3.05, 3.63) is 39.8 Å². The number of pyridine rings is 2. The molecule has 4 rings (SSSR count). The van der Waals surface area contributed by atoms with Gasteiger partial charge in [0.05, 0.1) is 5.39 Å². The molecule has 1 N–H and O–H groups in total. The van der Waals surface area contributed by atoms with E-state index in [0.29, 0.717) is 24.1 Å². The van der Waals surface area contributed by atoms with Gasteiger partial charge < -0.3 is 9.88 Å². The van der Waals surface area contributed by atoms with Crippen LogP contribution in [0.25, 0.3) is 11.0 Å². The van der Waals surface area contributed by atoms with Crippen LogP contribution in [-0.2, 0) is 6.54 Å². The Bertz CT molecular complexity index is 969. The summed E-state index contributed by atoms with van der Waals surface area (Å²) < 4.78 is 1.90. The number of piperidine rings is 1. The van der Waals surface area contributed by atoms with E-state index in [1.54, 1.807) is 12.3 Å². The summed E-state index contributed by atoms with van der Waals surface area (Å²) in [5.41, 5.74) is 1.56. The van der Waals surface area contributed by atoms with Gasteiger partial charge in [0.25, 0.3) is 5.91 Å². The zero-order valence-electron chi connectivity index (χ0n) is 18.4. The largest absolute Gasteiger partial charge is 0.350 e. The van der Waals surface area contributed by atoms with Gasteiger partial charge in [-0.05, 0) is 64.8 Å². The first-order valence-corrected chi connectivity index (χ1v) is 11.6. The third kappa shape index (κ3) is 4.02. The lowest BCUT2D eigenvalue weighted by molar-refractivity contribution is 0.0326. The van der Waals surface area contributed by atoms with Crippen molar-refractivity contribution in [1.29, 1.82) is 0 Å². The molecule has 0 bridgehead atoms. The van der Waals surface area contributed by atoms with E-state index in [1.807, 2.05) is 24.5 Å². The molecule has 2 aromatic heterocycles. The standard InChI is InChI=1S/C24H34N4O2/c1-3-27-16-20(21(29)19-11-10-18(2)26-22(19)27)23(30)25-17-24(12-6-4-7-13-24)28-14-8-5-9-15-28/h10-11,16H,3-9,12-15,17H2,1-2H3,(H,25,30). The molecule has 162 valence electrons. The minimum atomic E-state index is -0.258. The third-order valence-electron chi connectivity index (χ3n) is 7.04. The Labute approximate surface area is 178 Å². The Hall–Kier alpha value is -2.21. The van der Waals surface area contributed by atoms with Crippen LogP contribution in [0.3, 0.4) is 0 Å². The van der Waals surface area contributed by atoms with Gasteiger partial charge in [-0.1, -0.05) is 25.7 Å². The molecule has 0 radical (unpaired) electrons. The van der Waals surface area contributed by atoms with Crippen LogP contribution in [0.1, 0.15) is 74.3 Å². The Morgan fingerprint density at radius 1 is 1.10 bits per heavy atom.